The van der Waals surface area contributed by atoms with Crippen LogP contribution in [0.15, 0.2) is 39.6 Å². The highest BCUT2D eigenvalue weighted by atomic mass is 79.9. The maximum atomic E-state index is 5.73. The van der Waals surface area contributed by atoms with Gasteiger partial charge in [-0.3, -0.25) is 0 Å². The van der Waals surface area contributed by atoms with E-state index in [0.717, 1.165) is 28.0 Å². The molecule has 0 atom stereocenters. The third-order valence-electron chi connectivity index (χ3n) is 3.48. The number of imidazole rings is 1. The average Bonchev–Trinajstić information content (AvgIpc) is 2.99. The predicted molar refractivity (Wildman–Crippen MR) is 88.0 cm³/mol. The van der Waals surface area contributed by atoms with Crippen LogP contribution in [0, 0.1) is 0 Å². The van der Waals surface area contributed by atoms with Gasteiger partial charge < -0.3 is 14.7 Å². The second-order valence-corrected chi connectivity index (χ2v) is 6.80. The predicted octanol–water partition coefficient (Wildman–Crippen LogP) is 4.27. The number of nitrogens with zero attached hydrogens (tertiary/aromatic N) is 2. The molecule has 2 aromatic heterocycles. The third kappa shape index (κ3) is 2.40. The first kappa shape index (κ1) is 14.4. The maximum Gasteiger partial charge on any atom is 0.179 e. The summed E-state index contributed by atoms with van der Waals surface area (Å²) in [7, 11) is 0. The van der Waals surface area contributed by atoms with Crippen LogP contribution in [0.3, 0.4) is 0 Å². The van der Waals surface area contributed by atoms with Gasteiger partial charge in [0, 0.05) is 12.1 Å². The summed E-state index contributed by atoms with van der Waals surface area (Å²) in [6, 6.07) is 8.13. The largest absolute Gasteiger partial charge is 0.457 e. The Hall–Kier alpha value is -1.59. The number of benzene rings is 1. The van der Waals surface area contributed by atoms with E-state index in [9.17, 15) is 0 Å². The Balaban J connectivity index is 2.35. The van der Waals surface area contributed by atoms with Gasteiger partial charge in [-0.15, -0.1) is 0 Å². The number of hydrogen-bond donors (Lipinski definition) is 1. The van der Waals surface area contributed by atoms with Crippen LogP contribution in [0.1, 0.15) is 26.3 Å². The van der Waals surface area contributed by atoms with Crippen molar-refractivity contribution >= 4 is 27.0 Å². The van der Waals surface area contributed by atoms with E-state index in [1.165, 1.54) is 0 Å². The first-order valence-electron chi connectivity index (χ1n) is 6.87. The zero-order chi connectivity index (χ0) is 15.2. The van der Waals surface area contributed by atoms with Crippen LogP contribution in [0.5, 0.6) is 0 Å². The summed E-state index contributed by atoms with van der Waals surface area (Å²) in [5.74, 6) is 0.896. The Morgan fingerprint density at radius 3 is 2.62 bits per heavy atom. The Bertz CT molecular complexity index is 796. The van der Waals surface area contributed by atoms with Gasteiger partial charge in [0.25, 0.3) is 0 Å². The molecule has 0 saturated heterocycles. The Morgan fingerprint density at radius 1 is 1.29 bits per heavy atom. The van der Waals surface area contributed by atoms with E-state index < -0.39 is 0 Å². The highest BCUT2D eigenvalue weighted by molar-refractivity contribution is 9.10. The van der Waals surface area contributed by atoms with Crippen molar-refractivity contribution in [2.75, 3.05) is 0 Å². The van der Waals surface area contributed by atoms with Crippen LogP contribution < -0.4 is 5.73 Å². The van der Waals surface area contributed by atoms with Crippen LogP contribution in [-0.2, 0) is 12.1 Å². The minimum atomic E-state index is -0.0922. The first-order valence-corrected chi connectivity index (χ1v) is 7.66. The summed E-state index contributed by atoms with van der Waals surface area (Å²) in [4.78, 5) is 4.81. The van der Waals surface area contributed by atoms with E-state index in [0.29, 0.717) is 11.2 Å². The lowest BCUT2D eigenvalue weighted by Crippen LogP contribution is -2.22. The topological polar surface area (TPSA) is 57.0 Å². The van der Waals surface area contributed by atoms with Crippen molar-refractivity contribution in [2.45, 2.75) is 32.9 Å². The Kier molecular flexibility index (Phi) is 3.42. The van der Waals surface area contributed by atoms with Gasteiger partial charge in [-0.1, -0.05) is 6.07 Å². The molecule has 5 heteroatoms. The SMILES string of the molecule is CC(C)(C)n1c(-c2ccoc2Br)nc2cc(CN)ccc21. The van der Waals surface area contributed by atoms with Gasteiger partial charge in [-0.2, -0.15) is 0 Å². The lowest BCUT2D eigenvalue weighted by atomic mass is 10.1. The van der Waals surface area contributed by atoms with Gasteiger partial charge in [0.1, 0.15) is 5.82 Å². The first-order chi connectivity index (χ1) is 9.91. The van der Waals surface area contributed by atoms with Gasteiger partial charge >= 0.3 is 0 Å². The molecule has 1 aromatic carbocycles. The van der Waals surface area contributed by atoms with E-state index in [1.807, 2.05) is 6.07 Å². The lowest BCUT2D eigenvalue weighted by molar-refractivity contribution is 0.412. The van der Waals surface area contributed by atoms with Crippen molar-refractivity contribution in [1.82, 2.24) is 9.55 Å². The van der Waals surface area contributed by atoms with Crippen LogP contribution in [0.4, 0.5) is 0 Å². The molecule has 0 aliphatic rings. The zero-order valence-electron chi connectivity index (χ0n) is 12.4. The second-order valence-electron chi connectivity index (χ2n) is 6.08. The van der Waals surface area contributed by atoms with Crippen LogP contribution >= 0.6 is 15.9 Å². The minimum Gasteiger partial charge on any atom is -0.457 e. The van der Waals surface area contributed by atoms with Crippen molar-refractivity contribution < 1.29 is 4.42 Å². The number of nitrogens with two attached hydrogens (primary N) is 1. The molecule has 0 fully saturated rings. The van der Waals surface area contributed by atoms with E-state index in [4.69, 9.17) is 15.1 Å². The molecule has 4 nitrogen and oxygen atoms in total. The Morgan fingerprint density at radius 2 is 2.05 bits per heavy atom. The van der Waals surface area contributed by atoms with Crippen molar-refractivity contribution in [3.05, 3.63) is 40.8 Å². The summed E-state index contributed by atoms with van der Waals surface area (Å²) in [6.45, 7) is 7.02. The number of aromatic nitrogens is 2. The van der Waals surface area contributed by atoms with E-state index in [2.05, 4.69) is 59.5 Å². The van der Waals surface area contributed by atoms with Crippen molar-refractivity contribution in [2.24, 2.45) is 5.73 Å². The maximum absolute atomic E-state index is 5.73. The molecular formula is C16H18BrN3O. The fraction of sp³-hybridized carbons (Fsp3) is 0.312. The molecule has 110 valence electrons. The third-order valence-corrected chi connectivity index (χ3v) is 4.10. The van der Waals surface area contributed by atoms with E-state index in [-0.39, 0.29) is 5.54 Å². The highest BCUT2D eigenvalue weighted by Crippen LogP contribution is 2.35. The molecule has 3 aromatic rings. The summed E-state index contributed by atoms with van der Waals surface area (Å²) < 4.78 is 8.30. The van der Waals surface area contributed by atoms with Crippen LogP contribution in [0.25, 0.3) is 22.4 Å². The summed E-state index contributed by atoms with van der Waals surface area (Å²) in [5, 5.41) is 0. The molecule has 0 radical (unpaired) electrons. The average molecular weight is 348 g/mol. The smallest absolute Gasteiger partial charge is 0.179 e. The molecular weight excluding hydrogens is 330 g/mol. The molecule has 21 heavy (non-hydrogen) atoms. The van der Waals surface area contributed by atoms with Crippen LogP contribution in [0.2, 0.25) is 0 Å². The fourth-order valence-corrected chi connectivity index (χ4v) is 2.98. The van der Waals surface area contributed by atoms with Gasteiger partial charge in [-0.05, 0) is 60.5 Å². The second kappa shape index (κ2) is 5.00. The normalized spacial score (nSPS) is 12.2. The number of furan rings is 1. The van der Waals surface area contributed by atoms with E-state index >= 15 is 0 Å². The van der Waals surface area contributed by atoms with Crippen molar-refractivity contribution in [3.63, 3.8) is 0 Å². The number of fused-ring (bicyclic) bond motifs is 1. The quantitative estimate of drug-likeness (QED) is 0.752. The monoisotopic (exact) mass is 347 g/mol. The number of hydrogen-bond acceptors (Lipinski definition) is 3. The van der Waals surface area contributed by atoms with Gasteiger partial charge in [0.15, 0.2) is 4.67 Å². The molecule has 0 aliphatic carbocycles. The number of rotatable bonds is 2. The van der Waals surface area contributed by atoms with Crippen LogP contribution in [-0.4, -0.2) is 9.55 Å². The van der Waals surface area contributed by atoms with E-state index in [1.54, 1.807) is 6.26 Å². The molecule has 0 unspecified atom stereocenters. The van der Waals surface area contributed by atoms with Gasteiger partial charge in [-0.25, -0.2) is 4.98 Å². The molecule has 0 bridgehead atoms. The molecule has 0 spiro atoms. The van der Waals surface area contributed by atoms with Crippen molar-refractivity contribution in [3.8, 4) is 11.4 Å². The molecule has 2 heterocycles. The fourth-order valence-electron chi connectivity index (χ4n) is 2.57. The molecule has 2 N–H and O–H groups in total. The summed E-state index contributed by atoms with van der Waals surface area (Å²) >= 11 is 3.45. The zero-order valence-corrected chi connectivity index (χ0v) is 13.9. The summed E-state index contributed by atoms with van der Waals surface area (Å²) in [6.07, 6.45) is 1.66. The molecule has 0 amide bonds. The molecule has 0 aliphatic heterocycles. The lowest BCUT2D eigenvalue weighted by Gasteiger charge is -2.24. The number of halogens is 1. The standard InChI is InChI=1S/C16H18BrN3O/c1-16(2,3)20-13-5-4-10(9-18)8-12(13)19-15(20)11-6-7-21-14(11)17/h4-8H,9,18H2,1-3H3. The molecule has 0 saturated carbocycles. The molecule has 3 rings (SSSR count). The van der Waals surface area contributed by atoms with Crippen molar-refractivity contribution in [1.29, 1.82) is 0 Å². The minimum absolute atomic E-state index is 0.0922. The Labute approximate surface area is 132 Å². The van der Waals surface area contributed by atoms with Gasteiger partial charge in [0.05, 0.1) is 22.9 Å². The highest BCUT2D eigenvalue weighted by Gasteiger charge is 2.24. The van der Waals surface area contributed by atoms with Gasteiger partial charge in [0.2, 0.25) is 0 Å². The summed E-state index contributed by atoms with van der Waals surface area (Å²) in [5.41, 5.74) is 9.73.